The van der Waals surface area contributed by atoms with Crippen LogP contribution in [0.3, 0.4) is 0 Å². The topological polar surface area (TPSA) is 71.1 Å². The van der Waals surface area contributed by atoms with E-state index in [1.807, 2.05) is 6.07 Å². The number of hydrogen-bond donors (Lipinski definition) is 0. The minimum absolute atomic E-state index is 0.0356. The Hall–Kier alpha value is -2.08. The molecule has 1 aromatic carbocycles. The number of hydrogen-bond acceptors (Lipinski definition) is 6. The van der Waals surface area contributed by atoms with Crippen molar-refractivity contribution in [3.05, 3.63) is 17.2 Å². The third-order valence-corrected chi connectivity index (χ3v) is 5.43. The number of carbonyl (C=O) groups excluding carboxylic acids is 2. The van der Waals surface area contributed by atoms with E-state index >= 15 is 0 Å². The van der Waals surface area contributed by atoms with Crippen molar-refractivity contribution in [2.24, 2.45) is 5.92 Å². The number of methoxy groups -OCH3 is 1. The maximum Gasteiger partial charge on any atom is 0.322 e. The lowest BCUT2D eigenvalue weighted by molar-refractivity contribution is -0.144. The van der Waals surface area contributed by atoms with Gasteiger partial charge in [-0.2, -0.15) is 0 Å². The lowest BCUT2D eigenvalue weighted by Crippen LogP contribution is -2.33. The standard InChI is InChI=1S/C17H16O6/c1-20-10-6-11-14(8-4-5-21-17(8)22-11)15-13(10)7-2-3-9(18)12(7)16(19)23-15/h6-8,12,17H,2-5H2,1H3. The fraction of sp³-hybridized carbons (Fsp3) is 0.529. The highest BCUT2D eigenvalue weighted by atomic mass is 16.7. The van der Waals surface area contributed by atoms with Crippen LogP contribution in [0.5, 0.6) is 17.2 Å². The molecule has 3 heterocycles. The van der Waals surface area contributed by atoms with Gasteiger partial charge in [-0.3, -0.25) is 9.59 Å². The van der Waals surface area contributed by atoms with Crippen LogP contribution in [0.25, 0.3) is 0 Å². The summed E-state index contributed by atoms with van der Waals surface area (Å²) >= 11 is 0. The predicted molar refractivity (Wildman–Crippen MR) is 76.8 cm³/mol. The predicted octanol–water partition coefficient (Wildman–Crippen LogP) is 1.90. The maximum absolute atomic E-state index is 12.4. The Kier molecular flexibility index (Phi) is 2.60. The van der Waals surface area contributed by atoms with Gasteiger partial charge in [-0.05, 0) is 12.8 Å². The molecule has 1 aromatic rings. The fourth-order valence-corrected chi connectivity index (χ4v) is 4.42. The Balaban J connectivity index is 1.74. The van der Waals surface area contributed by atoms with E-state index in [1.54, 1.807) is 7.11 Å². The first kappa shape index (κ1) is 13.4. The van der Waals surface area contributed by atoms with E-state index in [9.17, 15) is 9.59 Å². The van der Waals surface area contributed by atoms with E-state index < -0.39 is 11.9 Å². The molecule has 0 spiro atoms. The number of ether oxygens (including phenoxy) is 4. The molecule has 0 amide bonds. The van der Waals surface area contributed by atoms with Crippen molar-refractivity contribution < 1.29 is 28.5 Å². The number of esters is 1. The molecule has 5 rings (SSSR count). The van der Waals surface area contributed by atoms with Gasteiger partial charge in [-0.15, -0.1) is 0 Å². The Bertz CT molecular complexity index is 739. The molecule has 3 aliphatic heterocycles. The second-order valence-corrected chi connectivity index (χ2v) is 6.50. The molecular formula is C17H16O6. The smallest absolute Gasteiger partial charge is 0.322 e. The number of benzene rings is 1. The molecule has 0 aromatic heterocycles. The lowest BCUT2D eigenvalue weighted by atomic mass is 9.82. The number of ketones is 1. The molecule has 120 valence electrons. The van der Waals surface area contributed by atoms with Crippen LogP contribution in [0.4, 0.5) is 0 Å². The van der Waals surface area contributed by atoms with Crippen LogP contribution in [-0.4, -0.2) is 31.8 Å². The highest BCUT2D eigenvalue weighted by Gasteiger charge is 2.52. The van der Waals surface area contributed by atoms with Crippen molar-refractivity contribution in [3.63, 3.8) is 0 Å². The first-order valence-electron chi connectivity index (χ1n) is 7.96. The van der Waals surface area contributed by atoms with Gasteiger partial charge < -0.3 is 18.9 Å². The summed E-state index contributed by atoms with van der Waals surface area (Å²) in [6.07, 6.45) is 1.59. The quantitative estimate of drug-likeness (QED) is 0.448. The van der Waals surface area contributed by atoms with Crippen LogP contribution in [0.2, 0.25) is 0 Å². The summed E-state index contributed by atoms with van der Waals surface area (Å²) in [4.78, 5) is 24.4. The van der Waals surface area contributed by atoms with Crippen LogP contribution in [0.1, 0.15) is 42.2 Å². The van der Waals surface area contributed by atoms with Crippen molar-refractivity contribution >= 4 is 11.8 Å². The summed E-state index contributed by atoms with van der Waals surface area (Å²) in [5.41, 5.74) is 1.74. The van der Waals surface area contributed by atoms with Gasteiger partial charge in [-0.25, -0.2) is 0 Å². The molecule has 0 N–H and O–H groups in total. The van der Waals surface area contributed by atoms with Gasteiger partial charge in [0, 0.05) is 29.5 Å². The van der Waals surface area contributed by atoms with Gasteiger partial charge in [0.25, 0.3) is 0 Å². The summed E-state index contributed by atoms with van der Waals surface area (Å²) in [5.74, 6) is 0.577. The van der Waals surface area contributed by atoms with Crippen LogP contribution in [0.15, 0.2) is 6.07 Å². The maximum atomic E-state index is 12.4. The van der Waals surface area contributed by atoms with E-state index in [0.717, 1.165) is 17.5 Å². The molecule has 0 radical (unpaired) electrons. The Morgan fingerprint density at radius 2 is 2.04 bits per heavy atom. The van der Waals surface area contributed by atoms with Gasteiger partial charge >= 0.3 is 5.97 Å². The fourth-order valence-electron chi connectivity index (χ4n) is 4.42. The second-order valence-electron chi connectivity index (χ2n) is 6.50. The molecule has 6 heteroatoms. The Labute approximate surface area is 132 Å². The zero-order chi connectivity index (χ0) is 15.7. The highest BCUT2D eigenvalue weighted by molar-refractivity contribution is 6.04. The SMILES string of the molecule is COc1cc2c(c3c1C1CCC(=O)C1C(=O)O3)C1CCOC1O2. The van der Waals surface area contributed by atoms with Gasteiger partial charge in [0.2, 0.25) is 6.29 Å². The van der Waals surface area contributed by atoms with Crippen molar-refractivity contribution in [1.29, 1.82) is 0 Å². The summed E-state index contributed by atoms with van der Waals surface area (Å²) in [5, 5.41) is 0. The van der Waals surface area contributed by atoms with E-state index in [1.165, 1.54) is 0 Å². The molecule has 0 bridgehead atoms. The highest BCUT2D eigenvalue weighted by Crippen LogP contribution is 2.58. The largest absolute Gasteiger partial charge is 0.496 e. The van der Waals surface area contributed by atoms with Crippen LogP contribution < -0.4 is 14.2 Å². The van der Waals surface area contributed by atoms with Gasteiger partial charge in [-0.1, -0.05) is 0 Å². The summed E-state index contributed by atoms with van der Waals surface area (Å²) in [6.45, 7) is 0.633. The molecule has 23 heavy (non-hydrogen) atoms. The molecule has 1 aliphatic carbocycles. The van der Waals surface area contributed by atoms with Crippen molar-refractivity contribution in [3.8, 4) is 17.2 Å². The zero-order valence-electron chi connectivity index (χ0n) is 12.7. The van der Waals surface area contributed by atoms with E-state index in [4.69, 9.17) is 18.9 Å². The van der Waals surface area contributed by atoms with Crippen molar-refractivity contribution in [2.45, 2.75) is 37.4 Å². The van der Waals surface area contributed by atoms with Gasteiger partial charge in [0.05, 0.1) is 19.6 Å². The summed E-state index contributed by atoms with van der Waals surface area (Å²) < 4.78 is 22.6. The minimum Gasteiger partial charge on any atom is -0.496 e. The molecule has 1 saturated heterocycles. The number of Topliss-reactive ketones (excluding diaryl/α,β-unsaturated/α-hetero) is 1. The monoisotopic (exact) mass is 316 g/mol. The van der Waals surface area contributed by atoms with E-state index in [0.29, 0.717) is 36.7 Å². The summed E-state index contributed by atoms with van der Waals surface area (Å²) in [7, 11) is 1.58. The Morgan fingerprint density at radius 1 is 1.17 bits per heavy atom. The number of rotatable bonds is 1. The molecule has 4 atom stereocenters. The van der Waals surface area contributed by atoms with E-state index in [-0.39, 0.29) is 23.9 Å². The lowest BCUT2D eigenvalue weighted by Gasteiger charge is -2.29. The summed E-state index contributed by atoms with van der Waals surface area (Å²) in [6, 6.07) is 1.84. The third kappa shape index (κ3) is 1.62. The third-order valence-electron chi connectivity index (χ3n) is 5.43. The van der Waals surface area contributed by atoms with Crippen molar-refractivity contribution in [1.82, 2.24) is 0 Å². The van der Waals surface area contributed by atoms with Gasteiger partial charge in [0.1, 0.15) is 28.9 Å². The van der Waals surface area contributed by atoms with Gasteiger partial charge in [0.15, 0.2) is 0 Å². The average Bonchev–Trinajstić information content (AvgIpc) is 3.20. The first-order valence-corrected chi connectivity index (χ1v) is 7.96. The van der Waals surface area contributed by atoms with Crippen molar-refractivity contribution in [2.75, 3.05) is 13.7 Å². The minimum atomic E-state index is -0.688. The number of carbonyl (C=O) groups is 2. The normalized spacial score (nSPS) is 33.4. The molecular weight excluding hydrogens is 300 g/mol. The zero-order valence-corrected chi connectivity index (χ0v) is 12.7. The number of fused-ring (bicyclic) bond motifs is 7. The average molecular weight is 316 g/mol. The first-order chi connectivity index (χ1) is 11.2. The van der Waals surface area contributed by atoms with Crippen LogP contribution in [0, 0.1) is 5.92 Å². The van der Waals surface area contributed by atoms with Crippen LogP contribution in [-0.2, 0) is 14.3 Å². The molecule has 1 saturated carbocycles. The molecule has 4 aliphatic rings. The molecule has 6 nitrogen and oxygen atoms in total. The van der Waals surface area contributed by atoms with Crippen LogP contribution >= 0.6 is 0 Å². The molecule has 2 fully saturated rings. The molecule has 4 unspecified atom stereocenters. The second kappa shape index (κ2) is 4.47. The Morgan fingerprint density at radius 3 is 2.87 bits per heavy atom. The van der Waals surface area contributed by atoms with E-state index in [2.05, 4.69) is 0 Å².